The van der Waals surface area contributed by atoms with Gasteiger partial charge in [0, 0.05) is 6.20 Å². The summed E-state index contributed by atoms with van der Waals surface area (Å²) in [4.78, 5) is 5.94. The molecule has 1 N–H and O–H groups in total. The number of aromatic amines is 1. The highest BCUT2D eigenvalue weighted by atomic mass is 19.4. The molecule has 0 aliphatic carbocycles. The van der Waals surface area contributed by atoms with E-state index in [1.165, 1.54) is 6.92 Å². The van der Waals surface area contributed by atoms with Crippen LogP contribution in [0.1, 0.15) is 25.1 Å². The minimum atomic E-state index is -4.46. The third-order valence-electron chi connectivity index (χ3n) is 2.07. The number of fused-ring (bicyclic) bond motifs is 1. The van der Waals surface area contributed by atoms with Gasteiger partial charge in [0.25, 0.3) is 0 Å². The van der Waals surface area contributed by atoms with Crippen LogP contribution in [-0.4, -0.2) is 9.97 Å². The number of hydrogen-bond donors (Lipinski definition) is 1. The molecule has 0 saturated carbocycles. The Bertz CT molecular complexity index is 514. The lowest BCUT2D eigenvalue weighted by atomic mass is 10.2. The first-order valence-corrected chi connectivity index (χ1v) is 5.10. The van der Waals surface area contributed by atoms with Gasteiger partial charge in [-0.1, -0.05) is 13.8 Å². The zero-order valence-corrected chi connectivity index (χ0v) is 9.61. The second-order valence-electron chi connectivity index (χ2n) is 3.18. The average molecular weight is 248 g/mol. The van der Waals surface area contributed by atoms with E-state index in [0.29, 0.717) is 6.20 Å². The molecule has 2 rings (SSSR count). The molecule has 0 atom stereocenters. The molecule has 0 aliphatic rings. The number of nitrogens with zero attached hydrogens (tertiary/aromatic N) is 1. The predicted molar refractivity (Wildman–Crippen MR) is 57.1 cm³/mol. The predicted octanol–water partition coefficient (Wildman–Crippen LogP) is 4.06. The van der Waals surface area contributed by atoms with Crippen LogP contribution in [0.25, 0.3) is 11.0 Å². The molecule has 2 nitrogen and oxygen atoms in total. The number of aromatic nitrogens is 2. The maximum Gasteiger partial charge on any atom is 0.417 e. The zero-order valence-electron chi connectivity index (χ0n) is 9.61. The molecule has 6 heteroatoms. The Balaban J connectivity index is 0.000000686. The first kappa shape index (κ1) is 13.5. The number of rotatable bonds is 0. The van der Waals surface area contributed by atoms with Gasteiger partial charge in [0.2, 0.25) is 0 Å². The van der Waals surface area contributed by atoms with Crippen LogP contribution in [-0.2, 0) is 6.18 Å². The first-order valence-electron chi connectivity index (χ1n) is 5.10. The van der Waals surface area contributed by atoms with Crippen molar-refractivity contribution in [2.45, 2.75) is 26.9 Å². The van der Waals surface area contributed by atoms with Gasteiger partial charge in [-0.25, -0.2) is 4.39 Å². The van der Waals surface area contributed by atoms with Crippen LogP contribution in [0.5, 0.6) is 0 Å². The van der Waals surface area contributed by atoms with Crippen LogP contribution in [0.4, 0.5) is 17.6 Å². The summed E-state index contributed by atoms with van der Waals surface area (Å²) in [5.41, 5.74) is -0.728. The lowest BCUT2D eigenvalue weighted by molar-refractivity contribution is -0.137. The van der Waals surface area contributed by atoms with Gasteiger partial charge in [-0.2, -0.15) is 13.2 Å². The first-order chi connectivity index (χ1) is 7.89. The molecule has 2 aromatic heterocycles. The van der Waals surface area contributed by atoms with Gasteiger partial charge in [-0.05, 0) is 13.0 Å². The molecular weight excluding hydrogens is 236 g/mol. The molecule has 0 unspecified atom stereocenters. The second kappa shape index (κ2) is 4.73. The number of hydrogen-bond acceptors (Lipinski definition) is 1. The standard InChI is InChI=1S/C9H6F4N2.C2H6/c1-4-7(10)8-6(15-4)2-5(3-14-8)9(11,12)13;1-2/h2-3,15H,1H3;1-2H3. The molecule has 0 saturated heterocycles. The maximum atomic E-state index is 13.2. The van der Waals surface area contributed by atoms with Crippen LogP contribution < -0.4 is 0 Å². The Morgan fingerprint density at radius 3 is 2.35 bits per heavy atom. The van der Waals surface area contributed by atoms with Crippen molar-refractivity contribution in [3.63, 3.8) is 0 Å². The molecule has 2 aromatic rings. The summed E-state index contributed by atoms with van der Waals surface area (Å²) in [5.74, 6) is -0.612. The lowest BCUT2D eigenvalue weighted by Gasteiger charge is -2.04. The topological polar surface area (TPSA) is 28.7 Å². The minimum Gasteiger partial charge on any atom is -0.355 e. The van der Waals surface area contributed by atoms with Crippen molar-refractivity contribution >= 4 is 11.0 Å². The minimum absolute atomic E-state index is 0.0554. The lowest BCUT2D eigenvalue weighted by Crippen LogP contribution is -2.05. The van der Waals surface area contributed by atoms with Crippen molar-refractivity contribution in [1.82, 2.24) is 9.97 Å². The summed E-state index contributed by atoms with van der Waals surface area (Å²) in [6.45, 7) is 5.43. The fourth-order valence-electron chi connectivity index (χ4n) is 1.32. The Kier molecular flexibility index (Phi) is 3.75. The van der Waals surface area contributed by atoms with Gasteiger partial charge in [-0.3, -0.25) is 4.98 Å². The summed E-state index contributed by atoms with van der Waals surface area (Å²) in [5, 5.41) is 0. The normalized spacial score (nSPS) is 11.2. The molecule has 17 heavy (non-hydrogen) atoms. The Hall–Kier alpha value is -1.59. The number of pyridine rings is 1. The average Bonchev–Trinajstić information content (AvgIpc) is 2.56. The van der Waals surface area contributed by atoms with Crippen molar-refractivity contribution in [3.8, 4) is 0 Å². The fraction of sp³-hybridized carbons (Fsp3) is 0.364. The van der Waals surface area contributed by atoms with E-state index in [0.717, 1.165) is 6.07 Å². The Morgan fingerprint density at radius 1 is 1.24 bits per heavy atom. The van der Waals surface area contributed by atoms with E-state index in [9.17, 15) is 17.6 Å². The molecule has 0 aliphatic heterocycles. The van der Waals surface area contributed by atoms with Crippen LogP contribution in [0.2, 0.25) is 0 Å². The van der Waals surface area contributed by atoms with E-state index >= 15 is 0 Å². The summed E-state index contributed by atoms with van der Waals surface area (Å²) in [7, 11) is 0. The van der Waals surface area contributed by atoms with Crippen molar-refractivity contribution in [3.05, 3.63) is 29.3 Å². The van der Waals surface area contributed by atoms with Gasteiger partial charge in [0.15, 0.2) is 5.82 Å². The zero-order chi connectivity index (χ0) is 13.2. The van der Waals surface area contributed by atoms with Gasteiger partial charge in [0.1, 0.15) is 5.52 Å². The second-order valence-corrected chi connectivity index (χ2v) is 3.18. The van der Waals surface area contributed by atoms with Crippen LogP contribution >= 0.6 is 0 Å². The Morgan fingerprint density at radius 2 is 1.82 bits per heavy atom. The number of halogens is 4. The maximum absolute atomic E-state index is 13.2. The summed E-state index contributed by atoms with van der Waals surface area (Å²) in [6.07, 6.45) is -3.84. The molecule has 0 bridgehead atoms. The third kappa shape index (κ3) is 2.57. The highest BCUT2D eigenvalue weighted by Gasteiger charge is 2.31. The van der Waals surface area contributed by atoms with Crippen molar-refractivity contribution in [1.29, 1.82) is 0 Å². The van der Waals surface area contributed by atoms with Gasteiger partial charge in [0.05, 0.1) is 16.8 Å². The molecule has 2 heterocycles. The molecule has 0 fully saturated rings. The van der Waals surface area contributed by atoms with E-state index in [-0.39, 0.29) is 16.7 Å². The molecule has 0 amide bonds. The molecule has 0 spiro atoms. The van der Waals surface area contributed by atoms with Crippen molar-refractivity contribution in [2.75, 3.05) is 0 Å². The highest BCUT2D eigenvalue weighted by molar-refractivity contribution is 5.77. The fourth-order valence-corrected chi connectivity index (χ4v) is 1.32. The van der Waals surface area contributed by atoms with Crippen molar-refractivity contribution in [2.24, 2.45) is 0 Å². The van der Waals surface area contributed by atoms with E-state index < -0.39 is 17.6 Å². The SMILES string of the molecule is CC.Cc1[nH]c2cc(C(F)(F)F)cnc2c1F. The number of alkyl halides is 3. The largest absolute Gasteiger partial charge is 0.417 e. The summed E-state index contributed by atoms with van der Waals surface area (Å²) in [6, 6.07) is 0.846. The van der Waals surface area contributed by atoms with E-state index in [4.69, 9.17) is 0 Å². The highest BCUT2D eigenvalue weighted by Crippen LogP contribution is 2.30. The third-order valence-corrected chi connectivity index (χ3v) is 2.07. The summed E-state index contributed by atoms with van der Waals surface area (Å²) >= 11 is 0. The molecule has 0 radical (unpaired) electrons. The number of nitrogens with one attached hydrogen (secondary N) is 1. The van der Waals surface area contributed by atoms with Gasteiger partial charge < -0.3 is 4.98 Å². The molecule has 94 valence electrons. The Labute approximate surface area is 95.7 Å². The van der Waals surface area contributed by atoms with E-state index in [2.05, 4.69) is 9.97 Å². The van der Waals surface area contributed by atoms with Crippen LogP contribution in [0.3, 0.4) is 0 Å². The molecular formula is C11H12F4N2. The molecule has 0 aromatic carbocycles. The van der Waals surface area contributed by atoms with Crippen LogP contribution in [0.15, 0.2) is 12.3 Å². The smallest absolute Gasteiger partial charge is 0.355 e. The van der Waals surface area contributed by atoms with Gasteiger partial charge in [-0.15, -0.1) is 0 Å². The number of aryl methyl sites for hydroxylation is 1. The van der Waals surface area contributed by atoms with Crippen molar-refractivity contribution < 1.29 is 17.6 Å². The quantitative estimate of drug-likeness (QED) is 0.700. The number of H-pyrrole nitrogens is 1. The van der Waals surface area contributed by atoms with Gasteiger partial charge >= 0.3 is 6.18 Å². The van der Waals surface area contributed by atoms with E-state index in [1.54, 1.807) is 0 Å². The van der Waals surface area contributed by atoms with Crippen LogP contribution in [0, 0.1) is 12.7 Å². The van der Waals surface area contributed by atoms with E-state index in [1.807, 2.05) is 13.8 Å². The monoisotopic (exact) mass is 248 g/mol. The summed E-state index contributed by atoms with van der Waals surface area (Å²) < 4.78 is 50.0.